The molecule has 158 valence electrons. The third-order valence-corrected chi connectivity index (χ3v) is 6.67. The van der Waals surface area contributed by atoms with E-state index in [1.165, 1.54) is 5.56 Å². The summed E-state index contributed by atoms with van der Waals surface area (Å²) in [7, 11) is 0. The Balaban J connectivity index is 1.40. The lowest BCUT2D eigenvalue weighted by Gasteiger charge is -2.24. The van der Waals surface area contributed by atoms with Crippen molar-refractivity contribution in [3.05, 3.63) is 95.6 Å². The maximum absolute atomic E-state index is 12.6. The zero-order chi connectivity index (χ0) is 21.6. The second kappa shape index (κ2) is 9.84. The van der Waals surface area contributed by atoms with Crippen molar-refractivity contribution >= 4 is 35.0 Å². The van der Waals surface area contributed by atoms with Crippen LogP contribution in [-0.4, -0.2) is 17.6 Å². The molecule has 0 radical (unpaired) electrons. The number of carbonyl (C=O) groups excluding carboxylic acids is 2. The number of hydrogen-bond donors (Lipinski definition) is 1. The van der Waals surface area contributed by atoms with E-state index in [2.05, 4.69) is 24.4 Å². The Morgan fingerprint density at radius 3 is 2.35 bits per heavy atom. The van der Waals surface area contributed by atoms with Crippen molar-refractivity contribution < 1.29 is 9.59 Å². The Hall–Kier alpha value is -3.05. The van der Waals surface area contributed by atoms with Gasteiger partial charge in [0.05, 0.1) is 5.75 Å². The van der Waals surface area contributed by atoms with Gasteiger partial charge in [0.15, 0.2) is 0 Å². The molecule has 0 bridgehead atoms. The normalized spacial score (nSPS) is 15.8. The monoisotopic (exact) mass is 430 g/mol. The van der Waals surface area contributed by atoms with Crippen LogP contribution in [-0.2, 0) is 22.4 Å². The number of benzene rings is 3. The Kier molecular flexibility index (Phi) is 6.73. The van der Waals surface area contributed by atoms with Crippen molar-refractivity contribution in [3.63, 3.8) is 0 Å². The molecule has 1 N–H and O–H groups in total. The third kappa shape index (κ3) is 5.17. The highest BCUT2D eigenvalue weighted by Gasteiger charge is 2.33. The zero-order valence-electron chi connectivity index (χ0n) is 17.6. The number of anilines is 2. The summed E-state index contributed by atoms with van der Waals surface area (Å²) in [6.45, 7) is 2.12. The highest BCUT2D eigenvalue weighted by atomic mass is 32.2. The summed E-state index contributed by atoms with van der Waals surface area (Å²) in [6, 6.07) is 26.0. The molecule has 0 aromatic heterocycles. The number of amides is 2. The van der Waals surface area contributed by atoms with Crippen LogP contribution in [0.2, 0.25) is 0 Å². The molecular weight excluding hydrogens is 404 g/mol. The minimum Gasteiger partial charge on any atom is -0.326 e. The summed E-state index contributed by atoms with van der Waals surface area (Å²) >= 11 is 1.63. The first kappa shape index (κ1) is 21.2. The zero-order valence-corrected chi connectivity index (χ0v) is 18.4. The summed E-state index contributed by atoms with van der Waals surface area (Å²) in [5.74, 6) is 0.593. The maximum Gasteiger partial charge on any atom is 0.238 e. The molecule has 5 heteroatoms. The maximum atomic E-state index is 12.6. The van der Waals surface area contributed by atoms with Crippen molar-refractivity contribution in [2.45, 2.75) is 31.6 Å². The van der Waals surface area contributed by atoms with E-state index in [9.17, 15) is 9.59 Å². The second-order valence-electron chi connectivity index (χ2n) is 7.60. The molecule has 0 unspecified atom stereocenters. The van der Waals surface area contributed by atoms with Gasteiger partial charge in [-0.15, -0.1) is 11.8 Å². The molecule has 2 amide bonds. The van der Waals surface area contributed by atoms with Gasteiger partial charge in [0.2, 0.25) is 11.8 Å². The average Bonchev–Trinajstić information content (AvgIpc) is 3.20. The van der Waals surface area contributed by atoms with E-state index in [-0.39, 0.29) is 17.2 Å². The fourth-order valence-electron chi connectivity index (χ4n) is 3.70. The van der Waals surface area contributed by atoms with Crippen molar-refractivity contribution in [1.82, 2.24) is 0 Å². The number of carbonyl (C=O) groups is 2. The van der Waals surface area contributed by atoms with Crippen LogP contribution in [0.4, 0.5) is 11.4 Å². The fraction of sp³-hybridized carbons (Fsp3) is 0.231. The summed E-state index contributed by atoms with van der Waals surface area (Å²) < 4.78 is 0. The molecule has 0 aliphatic carbocycles. The van der Waals surface area contributed by atoms with E-state index in [4.69, 9.17) is 0 Å². The minimum absolute atomic E-state index is 0.000312. The van der Waals surface area contributed by atoms with Gasteiger partial charge in [0.25, 0.3) is 0 Å². The van der Waals surface area contributed by atoms with Crippen LogP contribution in [0.3, 0.4) is 0 Å². The van der Waals surface area contributed by atoms with Gasteiger partial charge >= 0.3 is 0 Å². The minimum atomic E-state index is -0.0530. The first-order chi connectivity index (χ1) is 15.1. The lowest BCUT2D eigenvalue weighted by molar-refractivity contribution is -0.116. The molecule has 4 rings (SSSR count). The van der Waals surface area contributed by atoms with Crippen molar-refractivity contribution in [3.8, 4) is 0 Å². The quantitative estimate of drug-likeness (QED) is 0.531. The third-order valence-electron chi connectivity index (χ3n) is 5.45. The molecule has 1 aliphatic heterocycles. The van der Waals surface area contributed by atoms with Gasteiger partial charge < -0.3 is 5.32 Å². The smallest absolute Gasteiger partial charge is 0.238 e. The molecule has 1 atom stereocenters. The van der Waals surface area contributed by atoms with Gasteiger partial charge in [0, 0.05) is 17.8 Å². The van der Waals surface area contributed by atoms with Crippen molar-refractivity contribution in [2.75, 3.05) is 16.0 Å². The molecule has 0 saturated carbocycles. The number of aryl methyl sites for hydroxylation is 2. The van der Waals surface area contributed by atoms with Crippen LogP contribution in [0, 0.1) is 0 Å². The molecule has 1 heterocycles. The number of rotatable bonds is 7. The number of nitrogens with one attached hydrogen (secondary N) is 1. The summed E-state index contributed by atoms with van der Waals surface area (Å²) in [5, 5.41) is 2.92. The first-order valence-electron chi connectivity index (χ1n) is 10.6. The van der Waals surface area contributed by atoms with Crippen molar-refractivity contribution in [1.29, 1.82) is 0 Å². The molecule has 1 saturated heterocycles. The van der Waals surface area contributed by atoms with Crippen LogP contribution < -0.4 is 10.2 Å². The summed E-state index contributed by atoms with van der Waals surface area (Å²) in [6.07, 6.45) is 2.14. The average molecular weight is 431 g/mol. The highest BCUT2D eigenvalue weighted by molar-refractivity contribution is 8.00. The first-order valence-corrected chi connectivity index (χ1v) is 11.7. The van der Waals surface area contributed by atoms with Crippen LogP contribution in [0.15, 0.2) is 78.9 Å². The summed E-state index contributed by atoms with van der Waals surface area (Å²) in [4.78, 5) is 26.7. The van der Waals surface area contributed by atoms with Crippen LogP contribution in [0.5, 0.6) is 0 Å². The lowest BCUT2D eigenvalue weighted by atomic mass is 10.1. The van der Waals surface area contributed by atoms with Gasteiger partial charge in [-0.25, -0.2) is 0 Å². The summed E-state index contributed by atoms with van der Waals surface area (Å²) in [5.41, 5.74) is 5.16. The standard InChI is InChI=1S/C26H26N2O2S/c1-2-19-8-15-23(16-9-19)28-25(30)18-31-26(28)21-11-13-22(14-12-21)27-24(29)17-10-20-6-4-3-5-7-20/h3-9,11-16,26H,2,10,17-18H2,1H3,(H,27,29)/t26-/m0/s1. The van der Waals surface area contributed by atoms with E-state index in [1.54, 1.807) is 11.8 Å². The van der Waals surface area contributed by atoms with Gasteiger partial charge in [0.1, 0.15) is 5.37 Å². The number of thioether (sulfide) groups is 1. The molecule has 0 spiro atoms. The highest BCUT2D eigenvalue weighted by Crippen LogP contribution is 2.42. The Bertz CT molecular complexity index is 1030. The molecule has 4 nitrogen and oxygen atoms in total. The van der Waals surface area contributed by atoms with Crippen LogP contribution in [0.25, 0.3) is 0 Å². The predicted molar refractivity (Wildman–Crippen MR) is 128 cm³/mol. The second-order valence-corrected chi connectivity index (χ2v) is 8.67. The molecule has 3 aromatic carbocycles. The lowest BCUT2D eigenvalue weighted by Crippen LogP contribution is -2.27. The SMILES string of the molecule is CCc1ccc(N2C(=O)CS[C@H]2c2ccc(NC(=O)CCc3ccccc3)cc2)cc1. The van der Waals surface area contributed by atoms with Crippen molar-refractivity contribution in [2.24, 2.45) is 0 Å². The van der Waals surface area contributed by atoms with Crippen LogP contribution in [0.1, 0.15) is 35.4 Å². The van der Waals surface area contributed by atoms with Gasteiger partial charge in [-0.3, -0.25) is 14.5 Å². The van der Waals surface area contributed by atoms with E-state index in [1.807, 2.05) is 71.6 Å². The molecule has 31 heavy (non-hydrogen) atoms. The van der Waals surface area contributed by atoms with Gasteiger partial charge in [-0.05, 0) is 53.8 Å². The molecule has 3 aromatic rings. The molecule has 1 fully saturated rings. The number of nitrogens with zero attached hydrogens (tertiary/aromatic N) is 1. The number of hydrogen-bond acceptors (Lipinski definition) is 3. The van der Waals surface area contributed by atoms with Crippen LogP contribution >= 0.6 is 11.8 Å². The van der Waals surface area contributed by atoms with Gasteiger partial charge in [-0.1, -0.05) is 61.5 Å². The Labute approximate surface area is 187 Å². The Morgan fingerprint density at radius 1 is 0.968 bits per heavy atom. The topological polar surface area (TPSA) is 49.4 Å². The Morgan fingerprint density at radius 2 is 1.68 bits per heavy atom. The van der Waals surface area contributed by atoms with E-state index in [0.717, 1.165) is 35.3 Å². The predicted octanol–water partition coefficient (Wildman–Crippen LogP) is 5.60. The fourth-order valence-corrected chi connectivity index (χ4v) is 4.88. The van der Waals surface area contributed by atoms with E-state index in [0.29, 0.717) is 12.2 Å². The van der Waals surface area contributed by atoms with Gasteiger partial charge in [-0.2, -0.15) is 0 Å². The largest absolute Gasteiger partial charge is 0.326 e. The molecular formula is C26H26N2O2S. The van der Waals surface area contributed by atoms with E-state index >= 15 is 0 Å². The van der Waals surface area contributed by atoms with E-state index < -0.39 is 0 Å². The molecule has 1 aliphatic rings.